The molecule has 1 rings (SSSR count). The lowest BCUT2D eigenvalue weighted by molar-refractivity contribution is -0.119. The average molecular weight is 194 g/mol. The van der Waals surface area contributed by atoms with Gasteiger partial charge in [-0.25, -0.2) is 0 Å². The van der Waals surface area contributed by atoms with Crippen molar-refractivity contribution in [2.45, 2.75) is 47.0 Å². The fraction of sp³-hybridized carbons (Fsp3) is 0.769. The van der Waals surface area contributed by atoms with Crippen LogP contribution >= 0.6 is 0 Å². The standard InChI is InChI=1S/C13H22O/c1-9(2)5-6-12-7-10(3)13(14)11(4)8-12/h7,9,11-12H,5-6,8H2,1-4H3. The summed E-state index contributed by atoms with van der Waals surface area (Å²) in [7, 11) is 0. The van der Waals surface area contributed by atoms with Gasteiger partial charge in [-0.2, -0.15) is 0 Å². The highest BCUT2D eigenvalue weighted by Crippen LogP contribution is 2.28. The second-order valence-corrected chi connectivity index (χ2v) is 5.08. The highest BCUT2D eigenvalue weighted by atomic mass is 16.1. The number of hydrogen-bond acceptors (Lipinski definition) is 1. The molecule has 1 nitrogen and oxygen atoms in total. The van der Waals surface area contributed by atoms with Crippen LogP contribution in [0, 0.1) is 17.8 Å². The third-order valence-corrected chi connectivity index (χ3v) is 3.09. The summed E-state index contributed by atoms with van der Waals surface area (Å²) in [6.07, 6.45) is 5.76. The Labute approximate surface area is 87.6 Å². The zero-order valence-corrected chi connectivity index (χ0v) is 9.84. The van der Waals surface area contributed by atoms with E-state index in [4.69, 9.17) is 0 Å². The first-order chi connectivity index (χ1) is 6.50. The SMILES string of the molecule is CC1=CC(CCC(C)C)CC(C)C1=O. The summed E-state index contributed by atoms with van der Waals surface area (Å²) in [5.41, 5.74) is 0.984. The topological polar surface area (TPSA) is 17.1 Å². The van der Waals surface area contributed by atoms with E-state index in [-0.39, 0.29) is 5.92 Å². The molecule has 2 atom stereocenters. The molecule has 0 aromatic carbocycles. The Morgan fingerprint density at radius 1 is 1.50 bits per heavy atom. The molecule has 14 heavy (non-hydrogen) atoms. The van der Waals surface area contributed by atoms with E-state index in [0.717, 1.165) is 17.9 Å². The molecule has 0 aromatic rings. The van der Waals surface area contributed by atoms with Gasteiger partial charge in [-0.3, -0.25) is 4.79 Å². The van der Waals surface area contributed by atoms with Crippen LogP contribution in [0.25, 0.3) is 0 Å². The lowest BCUT2D eigenvalue weighted by atomic mass is 9.80. The van der Waals surface area contributed by atoms with Crippen LogP contribution in [0.15, 0.2) is 11.6 Å². The largest absolute Gasteiger partial charge is 0.294 e. The third-order valence-electron chi connectivity index (χ3n) is 3.09. The number of hydrogen-bond donors (Lipinski definition) is 0. The number of allylic oxidation sites excluding steroid dienone is 2. The Balaban J connectivity index is 2.52. The molecule has 1 heteroatoms. The molecule has 0 saturated heterocycles. The van der Waals surface area contributed by atoms with E-state index in [1.165, 1.54) is 12.8 Å². The molecule has 0 saturated carbocycles. The minimum Gasteiger partial charge on any atom is -0.294 e. The van der Waals surface area contributed by atoms with E-state index < -0.39 is 0 Å². The first-order valence-electron chi connectivity index (χ1n) is 5.73. The molecule has 0 heterocycles. The van der Waals surface area contributed by atoms with Gasteiger partial charge < -0.3 is 0 Å². The summed E-state index contributed by atoms with van der Waals surface area (Å²) in [5, 5.41) is 0. The highest BCUT2D eigenvalue weighted by Gasteiger charge is 2.24. The Kier molecular flexibility index (Phi) is 3.91. The Morgan fingerprint density at radius 2 is 2.14 bits per heavy atom. The van der Waals surface area contributed by atoms with Crippen LogP contribution in [0.3, 0.4) is 0 Å². The van der Waals surface area contributed by atoms with E-state index in [9.17, 15) is 4.79 Å². The van der Waals surface area contributed by atoms with E-state index in [0.29, 0.717) is 11.7 Å². The molecule has 1 aliphatic carbocycles. The molecule has 0 N–H and O–H groups in total. The van der Waals surface area contributed by atoms with Crippen molar-refractivity contribution in [2.75, 3.05) is 0 Å². The first-order valence-corrected chi connectivity index (χ1v) is 5.73. The van der Waals surface area contributed by atoms with Crippen LogP contribution in [0.5, 0.6) is 0 Å². The second kappa shape index (κ2) is 4.77. The molecule has 0 amide bonds. The number of rotatable bonds is 3. The van der Waals surface area contributed by atoms with Gasteiger partial charge in [0, 0.05) is 5.92 Å². The van der Waals surface area contributed by atoms with Crippen molar-refractivity contribution in [1.82, 2.24) is 0 Å². The van der Waals surface area contributed by atoms with Crippen molar-refractivity contribution < 1.29 is 4.79 Å². The van der Waals surface area contributed by atoms with Gasteiger partial charge in [0.05, 0.1) is 0 Å². The monoisotopic (exact) mass is 194 g/mol. The minimum atomic E-state index is 0.247. The van der Waals surface area contributed by atoms with Gasteiger partial charge in [0.15, 0.2) is 5.78 Å². The van der Waals surface area contributed by atoms with E-state index in [1.807, 2.05) is 6.92 Å². The van der Waals surface area contributed by atoms with Crippen molar-refractivity contribution in [3.05, 3.63) is 11.6 Å². The van der Waals surface area contributed by atoms with Crippen molar-refractivity contribution in [3.8, 4) is 0 Å². The van der Waals surface area contributed by atoms with Crippen molar-refractivity contribution in [2.24, 2.45) is 17.8 Å². The third kappa shape index (κ3) is 2.97. The van der Waals surface area contributed by atoms with Crippen LogP contribution in [0.1, 0.15) is 47.0 Å². The first kappa shape index (κ1) is 11.5. The van der Waals surface area contributed by atoms with Crippen LogP contribution in [-0.2, 0) is 4.79 Å². The number of ketones is 1. The van der Waals surface area contributed by atoms with E-state index in [1.54, 1.807) is 0 Å². The molecule has 0 spiro atoms. The van der Waals surface area contributed by atoms with Crippen LogP contribution in [-0.4, -0.2) is 5.78 Å². The summed E-state index contributed by atoms with van der Waals surface area (Å²) >= 11 is 0. The molecule has 0 aromatic heterocycles. The molecular formula is C13H22O. The van der Waals surface area contributed by atoms with Crippen LogP contribution in [0.4, 0.5) is 0 Å². The minimum absolute atomic E-state index is 0.247. The molecule has 0 aliphatic heterocycles. The Hall–Kier alpha value is -0.590. The summed E-state index contributed by atoms with van der Waals surface area (Å²) in [5.74, 6) is 2.02. The molecule has 0 radical (unpaired) electrons. The highest BCUT2D eigenvalue weighted by molar-refractivity contribution is 5.97. The second-order valence-electron chi connectivity index (χ2n) is 5.08. The van der Waals surface area contributed by atoms with Crippen molar-refractivity contribution in [1.29, 1.82) is 0 Å². The molecular weight excluding hydrogens is 172 g/mol. The van der Waals surface area contributed by atoms with Crippen molar-refractivity contribution in [3.63, 3.8) is 0 Å². The average Bonchev–Trinajstić information content (AvgIpc) is 2.10. The maximum Gasteiger partial charge on any atom is 0.161 e. The van der Waals surface area contributed by atoms with Gasteiger partial charge in [-0.1, -0.05) is 33.3 Å². The maximum atomic E-state index is 11.5. The summed E-state index contributed by atoms with van der Waals surface area (Å²) < 4.78 is 0. The van der Waals surface area contributed by atoms with Crippen molar-refractivity contribution >= 4 is 5.78 Å². The van der Waals surface area contributed by atoms with Gasteiger partial charge in [-0.15, -0.1) is 0 Å². The summed E-state index contributed by atoms with van der Waals surface area (Å²) in [6.45, 7) is 8.53. The quantitative estimate of drug-likeness (QED) is 0.671. The fourth-order valence-electron chi connectivity index (χ4n) is 2.20. The predicted octanol–water partition coefficient (Wildman–Crippen LogP) is 3.59. The van der Waals surface area contributed by atoms with Gasteiger partial charge in [-0.05, 0) is 37.2 Å². The molecule has 1 aliphatic rings. The molecule has 80 valence electrons. The van der Waals surface area contributed by atoms with Crippen LogP contribution in [0.2, 0.25) is 0 Å². The van der Waals surface area contributed by atoms with Gasteiger partial charge in [0.25, 0.3) is 0 Å². The zero-order valence-electron chi connectivity index (χ0n) is 9.84. The van der Waals surface area contributed by atoms with Gasteiger partial charge in [0.1, 0.15) is 0 Å². The number of carbonyl (C=O) groups excluding carboxylic acids is 1. The Bertz CT molecular complexity index is 238. The number of carbonyl (C=O) groups is 1. The van der Waals surface area contributed by atoms with E-state index in [2.05, 4.69) is 26.8 Å². The smallest absolute Gasteiger partial charge is 0.161 e. The summed E-state index contributed by atoms with van der Waals surface area (Å²) in [4.78, 5) is 11.5. The lowest BCUT2D eigenvalue weighted by Gasteiger charge is -2.24. The molecule has 0 fully saturated rings. The zero-order chi connectivity index (χ0) is 10.7. The Morgan fingerprint density at radius 3 is 2.64 bits per heavy atom. The number of Topliss-reactive ketones (excluding diaryl/α,β-unsaturated/α-hetero) is 1. The maximum absolute atomic E-state index is 11.5. The summed E-state index contributed by atoms with van der Waals surface area (Å²) in [6, 6.07) is 0. The van der Waals surface area contributed by atoms with Gasteiger partial charge in [0.2, 0.25) is 0 Å². The molecule has 0 bridgehead atoms. The van der Waals surface area contributed by atoms with Gasteiger partial charge >= 0.3 is 0 Å². The lowest BCUT2D eigenvalue weighted by Crippen LogP contribution is -2.21. The normalized spacial score (nSPS) is 28.1. The van der Waals surface area contributed by atoms with Crippen LogP contribution < -0.4 is 0 Å². The molecule has 2 unspecified atom stereocenters. The fourth-order valence-corrected chi connectivity index (χ4v) is 2.20. The predicted molar refractivity (Wildman–Crippen MR) is 60.1 cm³/mol. The van der Waals surface area contributed by atoms with E-state index >= 15 is 0 Å².